The van der Waals surface area contributed by atoms with Crippen LogP contribution < -0.4 is 10.2 Å². The van der Waals surface area contributed by atoms with E-state index in [1.54, 1.807) is 42.2 Å². The van der Waals surface area contributed by atoms with Crippen LogP contribution in [0.4, 0.5) is 11.4 Å². The fourth-order valence-electron chi connectivity index (χ4n) is 3.70. The summed E-state index contributed by atoms with van der Waals surface area (Å²) in [5, 5.41) is 3.71. The third-order valence-electron chi connectivity index (χ3n) is 5.38. The largest absolute Gasteiger partial charge is 0.465 e. The van der Waals surface area contributed by atoms with Crippen molar-refractivity contribution >= 4 is 40.1 Å². The Morgan fingerprint density at radius 3 is 2.42 bits per heavy atom. The summed E-state index contributed by atoms with van der Waals surface area (Å²) < 4.78 is 10.5. The molecule has 2 amide bonds. The van der Waals surface area contributed by atoms with E-state index in [1.165, 1.54) is 7.11 Å². The van der Waals surface area contributed by atoms with E-state index in [4.69, 9.17) is 9.15 Å². The number of rotatable bonds is 4. The molecular weight excluding hydrogens is 398 g/mol. The minimum Gasteiger partial charge on any atom is -0.465 e. The van der Waals surface area contributed by atoms with Crippen molar-refractivity contribution in [1.82, 2.24) is 4.90 Å². The van der Waals surface area contributed by atoms with Gasteiger partial charge in [-0.15, -0.1) is 0 Å². The van der Waals surface area contributed by atoms with Gasteiger partial charge in [-0.05, 0) is 30.3 Å². The Balaban J connectivity index is 1.62. The van der Waals surface area contributed by atoms with Crippen molar-refractivity contribution in [3.05, 3.63) is 59.9 Å². The zero-order valence-corrected chi connectivity index (χ0v) is 17.4. The number of para-hydroxylation sites is 1. The molecule has 31 heavy (non-hydrogen) atoms. The molecule has 1 aliphatic rings. The summed E-state index contributed by atoms with van der Waals surface area (Å²) in [6.07, 6.45) is 0. The first kappa shape index (κ1) is 20.5. The highest BCUT2D eigenvalue weighted by Gasteiger charge is 2.23. The number of methoxy groups -OCH3 is 1. The number of ether oxygens (including phenoxy) is 1. The lowest BCUT2D eigenvalue weighted by molar-refractivity contribution is -0.129. The molecule has 1 saturated heterocycles. The second-order valence-corrected chi connectivity index (χ2v) is 7.32. The van der Waals surface area contributed by atoms with Crippen LogP contribution in [-0.2, 0) is 9.53 Å². The molecule has 0 unspecified atom stereocenters. The van der Waals surface area contributed by atoms with Crippen molar-refractivity contribution in [2.75, 3.05) is 43.5 Å². The minimum absolute atomic E-state index is 0.0408. The standard InChI is InChI=1S/C23H23N3O5/c1-15(27)25-9-11-26(12-10-25)19-8-7-17(23(29)30-2)13-18(19)24-22(28)21-14-16-5-3-4-6-20(16)31-21/h3-8,13-14H,9-12H2,1-2H3,(H,24,28). The second-order valence-electron chi connectivity index (χ2n) is 7.32. The van der Waals surface area contributed by atoms with E-state index in [2.05, 4.69) is 10.2 Å². The molecule has 0 atom stereocenters. The topological polar surface area (TPSA) is 92.1 Å². The number of hydrogen-bond acceptors (Lipinski definition) is 6. The number of carbonyl (C=O) groups is 3. The Morgan fingerprint density at radius 1 is 1.00 bits per heavy atom. The van der Waals surface area contributed by atoms with Gasteiger partial charge in [0.15, 0.2) is 5.76 Å². The van der Waals surface area contributed by atoms with E-state index in [1.807, 2.05) is 18.2 Å². The maximum absolute atomic E-state index is 12.9. The summed E-state index contributed by atoms with van der Waals surface area (Å²) in [4.78, 5) is 40.4. The van der Waals surface area contributed by atoms with Gasteiger partial charge in [0.2, 0.25) is 5.91 Å². The average molecular weight is 421 g/mol. The number of hydrogen-bond donors (Lipinski definition) is 1. The molecule has 0 saturated carbocycles. The Hall–Kier alpha value is -3.81. The van der Waals surface area contributed by atoms with Gasteiger partial charge in [0, 0.05) is 38.5 Å². The van der Waals surface area contributed by atoms with Gasteiger partial charge in [0.1, 0.15) is 5.58 Å². The number of nitrogens with one attached hydrogen (secondary N) is 1. The average Bonchev–Trinajstić information content (AvgIpc) is 3.23. The number of carbonyl (C=O) groups excluding carboxylic acids is 3. The monoisotopic (exact) mass is 421 g/mol. The lowest BCUT2D eigenvalue weighted by atomic mass is 10.1. The van der Waals surface area contributed by atoms with Crippen LogP contribution in [0.2, 0.25) is 0 Å². The molecule has 2 aromatic carbocycles. The number of benzene rings is 2. The molecule has 0 radical (unpaired) electrons. The van der Waals surface area contributed by atoms with Gasteiger partial charge in [-0.2, -0.15) is 0 Å². The Kier molecular flexibility index (Phi) is 5.62. The summed E-state index contributed by atoms with van der Waals surface area (Å²) in [5.74, 6) is -0.690. The van der Waals surface area contributed by atoms with E-state index >= 15 is 0 Å². The van der Waals surface area contributed by atoms with Gasteiger partial charge < -0.3 is 24.3 Å². The lowest BCUT2D eigenvalue weighted by Crippen LogP contribution is -2.48. The highest BCUT2D eigenvalue weighted by atomic mass is 16.5. The molecule has 160 valence electrons. The van der Waals surface area contributed by atoms with E-state index in [-0.39, 0.29) is 11.7 Å². The van der Waals surface area contributed by atoms with Crippen LogP contribution in [0.1, 0.15) is 27.8 Å². The molecule has 1 aliphatic heterocycles. The fraction of sp³-hybridized carbons (Fsp3) is 0.261. The number of nitrogens with zero attached hydrogens (tertiary/aromatic N) is 2. The van der Waals surface area contributed by atoms with Gasteiger partial charge >= 0.3 is 5.97 Å². The summed E-state index contributed by atoms with van der Waals surface area (Å²) >= 11 is 0. The van der Waals surface area contributed by atoms with Crippen LogP contribution in [0.3, 0.4) is 0 Å². The number of esters is 1. The third-order valence-corrected chi connectivity index (χ3v) is 5.38. The molecule has 4 rings (SSSR count). The van der Waals surface area contributed by atoms with Crippen LogP contribution in [0.25, 0.3) is 11.0 Å². The maximum atomic E-state index is 12.9. The van der Waals surface area contributed by atoms with Gasteiger partial charge in [-0.25, -0.2) is 4.79 Å². The SMILES string of the molecule is COC(=O)c1ccc(N2CCN(C(C)=O)CC2)c(NC(=O)c2cc3ccccc3o2)c1. The summed E-state index contributed by atoms with van der Waals surface area (Å²) in [6.45, 7) is 3.96. The predicted octanol–water partition coefficient (Wildman–Crippen LogP) is 3.14. The predicted molar refractivity (Wildman–Crippen MR) is 116 cm³/mol. The number of fused-ring (bicyclic) bond motifs is 1. The minimum atomic E-state index is -0.493. The van der Waals surface area contributed by atoms with Crippen LogP contribution in [0, 0.1) is 0 Å². The van der Waals surface area contributed by atoms with Crippen LogP contribution in [-0.4, -0.2) is 56.0 Å². The van der Waals surface area contributed by atoms with Gasteiger partial charge in [-0.1, -0.05) is 18.2 Å². The normalized spacial score (nSPS) is 13.9. The molecule has 0 bridgehead atoms. The van der Waals surface area contributed by atoms with Crippen molar-refractivity contribution < 1.29 is 23.5 Å². The van der Waals surface area contributed by atoms with Crippen molar-refractivity contribution in [2.24, 2.45) is 0 Å². The number of piperazine rings is 1. The Bertz CT molecular complexity index is 1110. The van der Waals surface area contributed by atoms with E-state index in [0.717, 1.165) is 11.1 Å². The van der Waals surface area contributed by atoms with E-state index < -0.39 is 11.9 Å². The zero-order valence-electron chi connectivity index (χ0n) is 17.4. The number of amides is 2. The van der Waals surface area contributed by atoms with Crippen molar-refractivity contribution in [3.63, 3.8) is 0 Å². The lowest BCUT2D eigenvalue weighted by Gasteiger charge is -2.36. The van der Waals surface area contributed by atoms with Crippen molar-refractivity contribution in [2.45, 2.75) is 6.92 Å². The van der Waals surface area contributed by atoms with Crippen LogP contribution in [0.5, 0.6) is 0 Å². The number of furan rings is 1. The molecule has 8 nitrogen and oxygen atoms in total. The molecule has 2 heterocycles. The van der Waals surface area contributed by atoms with E-state index in [0.29, 0.717) is 43.0 Å². The molecule has 3 aromatic rings. The molecule has 8 heteroatoms. The second kappa shape index (κ2) is 8.51. The molecule has 1 aromatic heterocycles. The summed E-state index contributed by atoms with van der Waals surface area (Å²) in [6, 6.07) is 14.1. The Labute approximate surface area is 179 Å². The highest BCUT2D eigenvalue weighted by Crippen LogP contribution is 2.30. The van der Waals surface area contributed by atoms with Gasteiger partial charge in [0.25, 0.3) is 5.91 Å². The molecular formula is C23H23N3O5. The van der Waals surface area contributed by atoms with Crippen molar-refractivity contribution in [3.8, 4) is 0 Å². The molecule has 0 aliphatic carbocycles. The highest BCUT2D eigenvalue weighted by molar-refractivity contribution is 6.07. The van der Waals surface area contributed by atoms with Crippen LogP contribution >= 0.6 is 0 Å². The van der Waals surface area contributed by atoms with Crippen LogP contribution in [0.15, 0.2) is 52.9 Å². The molecule has 0 spiro atoms. The molecule has 1 N–H and O–H groups in total. The number of anilines is 2. The first-order valence-electron chi connectivity index (χ1n) is 9.99. The quantitative estimate of drug-likeness (QED) is 0.651. The fourth-order valence-corrected chi connectivity index (χ4v) is 3.70. The smallest absolute Gasteiger partial charge is 0.337 e. The van der Waals surface area contributed by atoms with Gasteiger partial charge in [-0.3, -0.25) is 9.59 Å². The van der Waals surface area contributed by atoms with E-state index in [9.17, 15) is 14.4 Å². The zero-order chi connectivity index (χ0) is 22.0. The maximum Gasteiger partial charge on any atom is 0.337 e. The van der Waals surface area contributed by atoms with Gasteiger partial charge in [0.05, 0.1) is 24.0 Å². The van der Waals surface area contributed by atoms with Crippen molar-refractivity contribution in [1.29, 1.82) is 0 Å². The first-order chi connectivity index (χ1) is 15.0. The molecule has 1 fully saturated rings. The third kappa shape index (κ3) is 4.23. The summed E-state index contributed by atoms with van der Waals surface area (Å²) in [5.41, 5.74) is 2.19. The first-order valence-corrected chi connectivity index (χ1v) is 9.99. The summed E-state index contributed by atoms with van der Waals surface area (Å²) in [7, 11) is 1.31. The Morgan fingerprint density at radius 2 is 1.74 bits per heavy atom.